The number of unbranched alkanes of at least 4 members (excludes halogenated alkanes) is 1. The van der Waals surface area contributed by atoms with Crippen molar-refractivity contribution in [2.75, 3.05) is 33.4 Å². The van der Waals surface area contributed by atoms with E-state index in [0.717, 1.165) is 48.8 Å². The lowest BCUT2D eigenvalue weighted by Crippen LogP contribution is -2.37. The van der Waals surface area contributed by atoms with Gasteiger partial charge in [0.1, 0.15) is 5.82 Å². The van der Waals surface area contributed by atoms with Crippen molar-refractivity contribution in [3.05, 3.63) is 35.1 Å². The number of nitrogens with one attached hydrogen (secondary N) is 2. The number of hydrogen-bond acceptors (Lipinski definition) is 3. The summed E-state index contributed by atoms with van der Waals surface area (Å²) in [4.78, 5) is 6.62. The Balaban J connectivity index is 0.00000625. The summed E-state index contributed by atoms with van der Waals surface area (Å²) in [6.07, 6.45) is 4.29. The van der Waals surface area contributed by atoms with Gasteiger partial charge in [-0.3, -0.25) is 4.99 Å². The van der Waals surface area contributed by atoms with Gasteiger partial charge in [0.25, 0.3) is 0 Å². The van der Waals surface area contributed by atoms with Crippen LogP contribution < -0.4 is 10.6 Å². The number of guanidine groups is 1. The number of rotatable bonds is 10. The van der Waals surface area contributed by atoms with Crippen LogP contribution in [0.3, 0.4) is 0 Å². The lowest BCUT2D eigenvalue weighted by atomic mass is 10.1. The highest BCUT2D eigenvalue weighted by atomic mass is 127. The van der Waals surface area contributed by atoms with Gasteiger partial charge >= 0.3 is 0 Å². The zero-order valence-electron chi connectivity index (χ0n) is 16.6. The Morgan fingerprint density at radius 3 is 2.58 bits per heavy atom. The summed E-state index contributed by atoms with van der Waals surface area (Å²) >= 11 is 1.70. The van der Waals surface area contributed by atoms with Crippen molar-refractivity contribution in [3.63, 3.8) is 0 Å². The zero-order valence-corrected chi connectivity index (χ0v) is 19.8. The number of nitrogens with zero attached hydrogens (tertiary/aromatic N) is 2. The lowest BCUT2D eigenvalue weighted by molar-refractivity contribution is 0.268. The number of hydrogen-bond donors (Lipinski definition) is 2. The second kappa shape index (κ2) is 14.5. The van der Waals surface area contributed by atoms with Gasteiger partial charge in [-0.25, -0.2) is 4.39 Å². The van der Waals surface area contributed by atoms with Gasteiger partial charge in [0.05, 0.1) is 0 Å². The van der Waals surface area contributed by atoms with Crippen LogP contribution in [0, 0.1) is 5.82 Å². The minimum atomic E-state index is -0.179. The average molecular weight is 496 g/mol. The van der Waals surface area contributed by atoms with Crippen LogP contribution in [0.2, 0.25) is 0 Å². The summed E-state index contributed by atoms with van der Waals surface area (Å²) in [6, 6.07) is 5.58. The SMILES string of the molecule is CN=C(NCCCCN(C)C(C)C)NCc1ccc(F)cc1CSC.I. The van der Waals surface area contributed by atoms with E-state index in [1.54, 1.807) is 24.9 Å². The van der Waals surface area contributed by atoms with E-state index in [4.69, 9.17) is 0 Å². The smallest absolute Gasteiger partial charge is 0.191 e. The summed E-state index contributed by atoms with van der Waals surface area (Å²) in [5.74, 6) is 1.42. The molecule has 7 heteroatoms. The summed E-state index contributed by atoms with van der Waals surface area (Å²) in [5, 5.41) is 6.67. The van der Waals surface area contributed by atoms with Crippen LogP contribution >= 0.6 is 35.7 Å². The summed E-state index contributed by atoms with van der Waals surface area (Å²) in [7, 11) is 3.93. The first-order valence-corrected chi connectivity index (χ1v) is 10.3. The molecule has 1 rings (SSSR count). The molecule has 1 aromatic carbocycles. The van der Waals surface area contributed by atoms with Crippen LogP contribution in [0.25, 0.3) is 0 Å². The lowest BCUT2D eigenvalue weighted by Gasteiger charge is -2.20. The van der Waals surface area contributed by atoms with Gasteiger partial charge in [-0.05, 0) is 69.8 Å². The molecule has 0 unspecified atom stereocenters. The van der Waals surface area contributed by atoms with Crippen molar-refractivity contribution in [3.8, 4) is 0 Å². The molecule has 0 aliphatic heterocycles. The second-order valence-electron chi connectivity index (χ2n) is 6.48. The third-order valence-corrected chi connectivity index (χ3v) is 4.85. The Bertz CT molecular complexity index is 540. The topological polar surface area (TPSA) is 39.7 Å². The number of thioether (sulfide) groups is 1. The Hall–Kier alpha value is -0.540. The van der Waals surface area contributed by atoms with E-state index in [1.807, 2.05) is 12.3 Å². The Morgan fingerprint density at radius 1 is 1.23 bits per heavy atom. The average Bonchev–Trinajstić information content (AvgIpc) is 2.58. The Labute approximate surface area is 179 Å². The number of benzene rings is 1. The maximum absolute atomic E-state index is 13.4. The van der Waals surface area contributed by atoms with E-state index in [0.29, 0.717) is 12.6 Å². The molecule has 1 aromatic rings. The fraction of sp³-hybridized carbons (Fsp3) is 0.632. The summed E-state index contributed by atoms with van der Waals surface area (Å²) in [6.45, 7) is 7.08. The molecular formula is C19H34FIN4S. The monoisotopic (exact) mass is 496 g/mol. The molecule has 0 fully saturated rings. The zero-order chi connectivity index (χ0) is 18.7. The normalized spacial score (nSPS) is 11.6. The van der Waals surface area contributed by atoms with Crippen LogP contribution in [-0.4, -0.2) is 50.3 Å². The first kappa shape index (κ1) is 25.5. The van der Waals surface area contributed by atoms with Crippen molar-refractivity contribution in [2.24, 2.45) is 4.99 Å². The molecule has 0 saturated heterocycles. The van der Waals surface area contributed by atoms with E-state index in [9.17, 15) is 4.39 Å². The summed E-state index contributed by atoms with van der Waals surface area (Å²) < 4.78 is 13.4. The van der Waals surface area contributed by atoms with Gasteiger partial charge in [0, 0.05) is 31.9 Å². The standard InChI is InChI=1S/C19H33FN4S.HI/c1-15(2)24(4)11-7-6-10-22-19(21-3)23-13-16-8-9-18(20)12-17(16)14-25-5;/h8-9,12,15H,6-7,10-11,13-14H2,1-5H3,(H2,21,22,23);1H. The fourth-order valence-corrected chi connectivity index (χ4v) is 2.99. The molecular weight excluding hydrogens is 462 g/mol. The molecule has 0 aliphatic rings. The van der Waals surface area contributed by atoms with E-state index < -0.39 is 0 Å². The molecule has 0 saturated carbocycles. The number of aliphatic imine (C=N–C) groups is 1. The third-order valence-electron chi connectivity index (χ3n) is 4.25. The van der Waals surface area contributed by atoms with E-state index in [1.165, 1.54) is 6.07 Å². The van der Waals surface area contributed by atoms with Crippen molar-refractivity contribution in [1.29, 1.82) is 0 Å². The predicted molar refractivity (Wildman–Crippen MR) is 124 cm³/mol. The van der Waals surface area contributed by atoms with Crippen LogP contribution in [0.15, 0.2) is 23.2 Å². The molecule has 0 amide bonds. The fourth-order valence-electron chi connectivity index (χ4n) is 2.41. The first-order chi connectivity index (χ1) is 12.0. The van der Waals surface area contributed by atoms with Gasteiger partial charge in [0.2, 0.25) is 0 Å². The van der Waals surface area contributed by atoms with Gasteiger partial charge in [-0.2, -0.15) is 11.8 Å². The van der Waals surface area contributed by atoms with Gasteiger partial charge in [0.15, 0.2) is 5.96 Å². The molecule has 0 spiro atoms. The van der Waals surface area contributed by atoms with Crippen molar-refractivity contribution in [2.45, 2.75) is 45.0 Å². The minimum Gasteiger partial charge on any atom is -0.356 e. The maximum atomic E-state index is 13.4. The molecule has 0 atom stereocenters. The van der Waals surface area contributed by atoms with Crippen LogP contribution in [0.5, 0.6) is 0 Å². The second-order valence-corrected chi connectivity index (χ2v) is 7.35. The molecule has 0 aromatic heterocycles. The molecule has 2 N–H and O–H groups in total. The van der Waals surface area contributed by atoms with Gasteiger partial charge in [-0.1, -0.05) is 6.07 Å². The van der Waals surface area contributed by atoms with E-state index >= 15 is 0 Å². The van der Waals surface area contributed by atoms with Crippen LogP contribution in [-0.2, 0) is 12.3 Å². The van der Waals surface area contributed by atoms with Crippen LogP contribution in [0.1, 0.15) is 37.8 Å². The Kier molecular flexibility index (Phi) is 14.2. The molecule has 0 aliphatic carbocycles. The molecule has 26 heavy (non-hydrogen) atoms. The third kappa shape index (κ3) is 9.97. The quantitative estimate of drug-likeness (QED) is 0.222. The highest BCUT2D eigenvalue weighted by Gasteiger charge is 2.06. The molecule has 150 valence electrons. The minimum absolute atomic E-state index is 0. The maximum Gasteiger partial charge on any atom is 0.191 e. The van der Waals surface area contributed by atoms with Gasteiger partial charge < -0.3 is 15.5 Å². The molecule has 0 heterocycles. The molecule has 4 nitrogen and oxygen atoms in total. The predicted octanol–water partition coefficient (Wildman–Crippen LogP) is 4.09. The largest absolute Gasteiger partial charge is 0.356 e. The molecule has 0 radical (unpaired) electrons. The first-order valence-electron chi connectivity index (χ1n) is 8.89. The Morgan fingerprint density at radius 2 is 1.96 bits per heavy atom. The highest BCUT2D eigenvalue weighted by Crippen LogP contribution is 2.16. The van der Waals surface area contributed by atoms with Crippen molar-refractivity contribution < 1.29 is 4.39 Å². The van der Waals surface area contributed by atoms with Crippen molar-refractivity contribution in [1.82, 2.24) is 15.5 Å². The van der Waals surface area contributed by atoms with Crippen LogP contribution in [0.4, 0.5) is 4.39 Å². The molecule has 0 bridgehead atoms. The van der Waals surface area contributed by atoms with Crippen molar-refractivity contribution >= 4 is 41.7 Å². The number of halogens is 2. The van der Waals surface area contributed by atoms with E-state index in [-0.39, 0.29) is 29.8 Å². The van der Waals surface area contributed by atoms with Gasteiger partial charge in [-0.15, -0.1) is 24.0 Å². The van der Waals surface area contributed by atoms with E-state index in [2.05, 4.69) is 41.4 Å². The highest BCUT2D eigenvalue weighted by molar-refractivity contribution is 14.0. The summed E-state index contributed by atoms with van der Waals surface area (Å²) in [5.41, 5.74) is 2.14.